The van der Waals surface area contributed by atoms with Crippen LogP contribution in [0.25, 0.3) is 10.8 Å². The van der Waals surface area contributed by atoms with Gasteiger partial charge in [-0.1, -0.05) is 12.1 Å². The van der Waals surface area contributed by atoms with Gasteiger partial charge in [0.25, 0.3) is 0 Å². The van der Waals surface area contributed by atoms with Crippen molar-refractivity contribution in [1.82, 2.24) is 0 Å². The molecule has 1 saturated heterocycles. The molecule has 0 unspecified atom stereocenters. The van der Waals surface area contributed by atoms with E-state index in [1.54, 1.807) is 36.4 Å². The number of phenols is 1. The van der Waals surface area contributed by atoms with Crippen molar-refractivity contribution in [3.63, 3.8) is 0 Å². The van der Waals surface area contributed by atoms with Crippen molar-refractivity contribution in [2.45, 2.75) is 30.7 Å². The summed E-state index contributed by atoms with van der Waals surface area (Å²) in [7, 11) is 0. The lowest BCUT2D eigenvalue weighted by molar-refractivity contribution is -0.277. The first-order valence-electron chi connectivity index (χ1n) is 7.19. The number of aromatic hydroxyl groups is 1. The van der Waals surface area contributed by atoms with Gasteiger partial charge in [-0.3, -0.25) is 0 Å². The first kappa shape index (κ1) is 16.0. The van der Waals surface area contributed by atoms with Crippen LogP contribution in [-0.2, 0) is 4.74 Å². The number of aliphatic hydroxyl groups is 4. The Morgan fingerprint density at radius 3 is 2.39 bits per heavy atom. The number of ether oxygens (including phenoxy) is 2. The molecule has 0 aliphatic carbocycles. The molecule has 1 aliphatic rings. The number of hydrogen-bond donors (Lipinski definition) is 5. The van der Waals surface area contributed by atoms with Crippen molar-refractivity contribution >= 4 is 10.8 Å². The molecule has 0 spiro atoms. The van der Waals surface area contributed by atoms with Crippen molar-refractivity contribution in [3.05, 3.63) is 36.4 Å². The third kappa shape index (κ3) is 3.10. The summed E-state index contributed by atoms with van der Waals surface area (Å²) in [5.74, 6) is 0.468. The highest BCUT2D eigenvalue weighted by Crippen LogP contribution is 2.28. The van der Waals surface area contributed by atoms with Gasteiger partial charge in [0.1, 0.15) is 35.9 Å². The number of rotatable bonds is 3. The van der Waals surface area contributed by atoms with E-state index in [0.717, 1.165) is 10.8 Å². The summed E-state index contributed by atoms with van der Waals surface area (Å²) < 4.78 is 10.8. The van der Waals surface area contributed by atoms with Crippen LogP contribution in [0.15, 0.2) is 36.4 Å². The first-order valence-corrected chi connectivity index (χ1v) is 7.19. The minimum atomic E-state index is -1.49. The molecule has 3 rings (SSSR count). The van der Waals surface area contributed by atoms with E-state index >= 15 is 0 Å². The van der Waals surface area contributed by atoms with Crippen LogP contribution < -0.4 is 4.74 Å². The van der Waals surface area contributed by atoms with E-state index in [9.17, 15) is 20.4 Å². The SMILES string of the molecule is OC[C@H]1O[C@H](Oc2ccc3ccc(O)cc3c2)[C@H](O)[C@@H](O)[C@@H]1O. The van der Waals surface area contributed by atoms with E-state index in [-0.39, 0.29) is 5.75 Å². The van der Waals surface area contributed by atoms with Gasteiger partial charge in [-0.25, -0.2) is 0 Å². The Morgan fingerprint density at radius 1 is 0.913 bits per heavy atom. The molecule has 124 valence electrons. The molecule has 7 nitrogen and oxygen atoms in total. The predicted molar refractivity (Wildman–Crippen MR) is 80.0 cm³/mol. The molecular formula is C16H18O7. The minimum absolute atomic E-state index is 0.113. The standard InChI is InChI=1S/C16H18O7/c17-7-12-13(19)14(20)15(21)16(23-12)22-11-4-2-8-1-3-10(18)5-9(8)6-11/h1-6,12-21H,7H2/t12-,13-,14+,15-,16+/m1/s1. The average Bonchev–Trinajstić information content (AvgIpc) is 2.55. The monoisotopic (exact) mass is 322 g/mol. The maximum atomic E-state index is 9.96. The molecule has 2 aromatic carbocycles. The summed E-state index contributed by atoms with van der Waals surface area (Å²) in [6.07, 6.45) is -6.64. The quantitative estimate of drug-likeness (QED) is 0.527. The van der Waals surface area contributed by atoms with Crippen LogP contribution in [0.3, 0.4) is 0 Å². The smallest absolute Gasteiger partial charge is 0.229 e. The van der Waals surface area contributed by atoms with E-state index in [1.165, 1.54) is 0 Å². The van der Waals surface area contributed by atoms with Crippen LogP contribution in [0, 0.1) is 0 Å². The fourth-order valence-electron chi connectivity index (χ4n) is 2.58. The number of phenolic OH excluding ortho intramolecular Hbond substituents is 1. The highest BCUT2D eigenvalue weighted by molar-refractivity contribution is 5.85. The Labute approximate surface area is 131 Å². The molecule has 2 aromatic rings. The Balaban J connectivity index is 1.83. The molecule has 0 saturated carbocycles. The van der Waals surface area contributed by atoms with Gasteiger partial charge in [0.2, 0.25) is 6.29 Å². The molecule has 23 heavy (non-hydrogen) atoms. The van der Waals surface area contributed by atoms with E-state index in [2.05, 4.69) is 0 Å². The molecule has 0 radical (unpaired) electrons. The number of hydrogen-bond acceptors (Lipinski definition) is 7. The number of aliphatic hydroxyl groups excluding tert-OH is 4. The molecule has 0 amide bonds. The highest BCUT2D eigenvalue weighted by atomic mass is 16.7. The summed E-state index contributed by atoms with van der Waals surface area (Å²) in [6.45, 7) is -0.517. The lowest BCUT2D eigenvalue weighted by Crippen LogP contribution is -2.60. The van der Waals surface area contributed by atoms with Crippen LogP contribution in [0.4, 0.5) is 0 Å². The van der Waals surface area contributed by atoms with Crippen LogP contribution in [-0.4, -0.2) is 62.8 Å². The summed E-state index contributed by atoms with van der Waals surface area (Å²) in [4.78, 5) is 0. The van der Waals surface area contributed by atoms with E-state index < -0.39 is 37.3 Å². The second-order valence-corrected chi connectivity index (χ2v) is 5.51. The number of benzene rings is 2. The molecular weight excluding hydrogens is 304 g/mol. The molecule has 1 heterocycles. The summed E-state index contributed by atoms with van der Waals surface area (Å²) in [5, 5.41) is 49.7. The molecule has 0 bridgehead atoms. The van der Waals surface area contributed by atoms with Crippen LogP contribution in [0.1, 0.15) is 0 Å². The van der Waals surface area contributed by atoms with Gasteiger partial charge in [0.15, 0.2) is 0 Å². The maximum absolute atomic E-state index is 9.96. The fraction of sp³-hybridized carbons (Fsp3) is 0.375. The Morgan fingerprint density at radius 2 is 1.65 bits per heavy atom. The van der Waals surface area contributed by atoms with Crippen LogP contribution in [0.5, 0.6) is 11.5 Å². The second kappa shape index (κ2) is 6.31. The van der Waals surface area contributed by atoms with Gasteiger partial charge in [-0.15, -0.1) is 0 Å². The largest absolute Gasteiger partial charge is 0.508 e. The maximum Gasteiger partial charge on any atom is 0.229 e. The number of fused-ring (bicyclic) bond motifs is 1. The molecule has 1 aliphatic heterocycles. The van der Waals surface area contributed by atoms with Gasteiger partial charge in [0, 0.05) is 0 Å². The first-order chi connectivity index (χ1) is 11.0. The highest BCUT2D eigenvalue weighted by Gasteiger charge is 2.44. The zero-order valence-electron chi connectivity index (χ0n) is 12.1. The average molecular weight is 322 g/mol. The van der Waals surface area contributed by atoms with Crippen LogP contribution in [0.2, 0.25) is 0 Å². The van der Waals surface area contributed by atoms with Crippen molar-refractivity contribution in [2.24, 2.45) is 0 Å². The van der Waals surface area contributed by atoms with E-state index in [1.807, 2.05) is 0 Å². The van der Waals surface area contributed by atoms with Crippen molar-refractivity contribution in [3.8, 4) is 11.5 Å². The Hall–Kier alpha value is -1.90. The zero-order chi connectivity index (χ0) is 16.6. The van der Waals surface area contributed by atoms with Gasteiger partial charge >= 0.3 is 0 Å². The van der Waals surface area contributed by atoms with Gasteiger partial charge in [-0.2, -0.15) is 0 Å². The van der Waals surface area contributed by atoms with Gasteiger partial charge < -0.3 is 35.0 Å². The zero-order valence-corrected chi connectivity index (χ0v) is 12.1. The molecule has 5 N–H and O–H groups in total. The Bertz CT molecular complexity index is 687. The van der Waals surface area contributed by atoms with Crippen LogP contribution >= 0.6 is 0 Å². The minimum Gasteiger partial charge on any atom is -0.508 e. The second-order valence-electron chi connectivity index (χ2n) is 5.51. The predicted octanol–water partition coefficient (Wildman–Crippen LogP) is -0.276. The topological polar surface area (TPSA) is 120 Å². The third-order valence-electron chi connectivity index (χ3n) is 3.90. The summed E-state index contributed by atoms with van der Waals surface area (Å²) in [6, 6.07) is 9.96. The van der Waals surface area contributed by atoms with Crippen molar-refractivity contribution < 1.29 is 35.0 Å². The van der Waals surface area contributed by atoms with Gasteiger partial charge in [0.05, 0.1) is 6.61 Å². The third-order valence-corrected chi connectivity index (χ3v) is 3.90. The normalized spacial score (nSPS) is 31.2. The lowest BCUT2D eigenvalue weighted by atomic mass is 9.99. The summed E-state index contributed by atoms with van der Waals surface area (Å²) >= 11 is 0. The molecule has 7 heteroatoms. The lowest BCUT2D eigenvalue weighted by Gasteiger charge is -2.39. The molecule has 0 aromatic heterocycles. The fourth-order valence-corrected chi connectivity index (χ4v) is 2.58. The Kier molecular flexibility index (Phi) is 4.38. The summed E-state index contributed by atoms with van der Waals surface area (Å²) in [5.41, 5.74) is 0. The molecule has 5 atom stereocenters. The van der Waals surface area contributed by atoms with Gasteiger partial charge in [-0.05, 0) is 35.0 Å². The van der Waals surface area contributed by atoms with E-state index in [4.69, 9.17) is 14.6 Å². The molecule has 1 fully saturated rings. The van der Waals surface area contributed by atoms with Crippen molar-refractivity contribution in [1.29, 1.82) is 0 Å². The van der Waals surface area contributed by atoms with Crippen molar-refractivity contribution in [2.75, 3.05) is 6.61 Å². The van der Waals surface area contributed by atoms with E-state index in [0.29, 0.717) is 5.75 Å².